The number of hydrogen-bond acceptors (Lipinski definition) is 5. The van der Waals surface area contributed by atoms with Gasteiger partial charge >= 0.3 is 5.97 Å². The average molecular weight is 481 g/mol. The molecule has 4 aromatic rings. The van der Waals surface area contributed by atoms with Crippen molar-refractivity contribution in [3.63, 3.8) is 0 Å². The lowest BCUT2D eigenvalue weighted by atomic mass is 9.93. The van der Waals surface area contributed by atoms with Crippen LogP contribution in [0.15, 0.2) is 100 Å². The van der Waals surface area contributed by atoms with Crippen LogP contribution < -0.4 is 14.9 Å². The Morgan fingerprint density at radius 3 is 2.43 bits per heavy atom. The third-order valence-corrected chi connectivity index (χ3v) is 6.81. The number of aromatic nitrogens is 1. The van der Waals surface area contributed by atoms with Gasteiger partial charge < -0.3 is 4.74 Å². The number of nitrogens with zero attached hydrogens (tertiary/aromatic N) is 2. The molecule has 0 amide bonds. The molecule has 1 atom stereocenters. The third kappa shape index (κ3) is 4.40. The molecule has 0 unspecified atom stereocenters. The summed E-state index contributed by atoms with van der Waals surface area (Å²) in [7, 11) is 0. The zero-order valence-corrected chi connectivity index (χ0v) is 20.3. The molecule has 6 heteroatoms. The lowest BCUT2D eigenvalue weighted by Crippen LogP contribution is -2.39. The highest BCUT2D eigenvalue weighted by Gasteiger charge is 2.35. The molecule has 1 aliphatic heterocycles. The smallest absolute Gasteiger partial charge is 0.338 e. The minimum absolute atomic E-state index is 0.182. The van der Waals surface area contributed by atoms with Crippen LogP contribution in [0.5, 0.6) is 0 Å². The Labute approximate surface area is 207 Å². The first-order valence-electron chi connectivity index (χ1n) is 11.5. The van der Waals surface area contributed by atoms with E-state index in [1.807, 2.05) is 97.9 Å². The number of thiazole rings is 1. The molecule has 1 aromatic heterocycles. The van der Waals surface area contributed by atoms with Crippen LogP contribution in [0.2, 0.25) is 0 Å². The van der Waals surface area contributed by atoms with Gasteiger partial charge in [0.1, 0.15) is 0 Å². The summed E-state index contributed by atoms with van der Waals surface area (Å²) < 4.78 is 7.67. The van der Waals surface area contributed by atoms with E-state index in [1.165, 1.54) is 11.3 Å². The average Bonchev–Trinajstić information content (AvgIpc) is 3.18. The number of ether oxygens (including phenoxy) is 1. The molecule has 5 rings (SSSR count). The summed E-state index contributed by atoms with van der Waals surface area (Å²) in [4.78, 5) is 32.5. The standard InChI is InChI=1S/C29H24N2O3S/c1-3-34-28(33)24-25(21-13-6-4-7-14-21)30-29-31(26(24)22-15-8-5-9-16-22)27(32)23(35-29)18-20-12-10-11-19(2)17-20/h4-18,26H,3H2,1-2H3/b23-18+/t26-/m1/s1. The summed E-state index contributed by atoms with van der Waals surface area (Å²) in [6.45, 7) is 4.02. The van der Waals surface area contributed by atoms with Crippen molar-refractivity contribution < 1.29 is 9.53 Å². The molecule has 35 heavy (non-hydrogen) atoms. The first-order valence-corrected chi connectivity index (χ1v) is 12.3. The van der Waals surface area contributed by atoms with Crippen LogP contribution in [0, 0.1) is 6.92 Å². The fraction of sp³-hybridized carbons (Fsp3) is 0.138. The van der Waals surface area contributed by atoms with E-state index in [4.69, 9.17) is 9.73 Å². The Morgan fingerprint density at radius 2 is 1.74 bits per heavy atom. The monoisotopic (exact) mass is 480 g/mol. The number of esters is 1. The molecule has 3 aromatic carbocycles. The van der Waals surface area contributed by atoms with Crippen LogP contribution in [-0.2, 0) is 9.53 Å². The number of benzene rings is 3. The van der Waals surface area contributed by atoms with Crippen LogP contribution in [0.3, 0.4) is 0 Å². The molecule has 1 aliphatic rings. The Hall–Kier alpha value is -4.03. The number of hydrogen-bond donors (Lipinski definition) is 0. The third-order valence-electron chi connectivity index (χ3n) is 5.83. The van der Waals surface area contributed by atoms with Gasteiger partial charge in [-0.3, -0.25) is 9.36 Å². The van der Waals surface area contributed by atoms with Crippen molar-refractivity contribution in [2.45, 2.75) is 19.9 Å². The molecule has 0 saturated carbocycles. The van der Waals surface area contributed by atoms with Gasteiger partial charge in [-0.2, -0.15) is 0 Å². The molecular weight excluding hydrogens is 456 g/mol. The highest BCUT2D eigenvalue weighted by Crippen LogP contribution is 2.34. The molecule has 5 nitrogen and oxygen atoms in total. The Morgan fingerprint density at radius 1 is 1.03 bits per heavy atom. The summed E-state index contributed by atoms with van der Waals surface area (Å²) in [6, 6.07) is 26.5. The van der Waals surface area contributed by atoms with Crippen molar-refractivity contribution in [3.05, 3.63) is 132 Å². The molecule has 0 fully saturated rings. The predicted octanol–water partition coefficient (Wildman–Crippen LogP) is 4.24. The van der Waals surface area contributed by atoms with Crippen molar-refractivity contribution >= 4 is 29.1 Å². The van der Waals surface area contributed by atoms with E-state index in [2.05, 4.69) is 0 Å². The fourth-order valence-electron chi connectivity index (χ4n) is 4.30. The van der Waals surface area contributed by atoms with E-state index in [0.29, 0.717) is 20.6 Å². The van der Waals surface area contributed by atoms with Crippen molar-refractivity contribution in [2.75, 3.05) is 6.61 Å². The zero-order valence-electron chi connectivity index (χ0n) is 19.5. The van der Waals surface area contributed by atoms with E-state index >= 15 is 0 Å². The predicted molar refractivity (Wildman–Crippen MR) is 139 cm³/mol. The van der Waals surface area contributed by atoms with Crippen LogP contribution >= 0.6 is 11.3 Å². The molecule has 0 N–H and O–H groups in total. The van der Waals surface area contributed by atoms with Crippen LogP contribution in [0.25, 0.3) is 11.8 Å². The first kappa shape index (κ1) is 22.7. The van der Waals surface area contributed by atoms with E-state index in [1.54, 1.807) is 11.5 Å². The minimum Gasteiger partial charge on any atom is -0.463 e. The van der Waals surface area contributed by atoms with Gasteiger partial charge in [0.05, 0.1) is 28.5 Å². The highest BCUT2D eigenvalue weighted by atomic mass is 32.1. The van der Waals surface area contributed by atoms with E-state index < -0.39 is 12.0 Å². The largest absolute Gasteiger partial charge is 0.463 e. The van der Waals surface area contributed by atoms with Gasteiger partial charge in [-0.15, -0.1) is 0 Å². The molecular formula is C29H24N2O3S. The molecule has 0 aliphatic carbocycles. The van der Waals surface area contributed by atoms with Crippen LogP contribution in [-0.4, -0.2) is 17.1 Å². The van der Waals surface area contributed by atoms with Gasteiger partial charge in [0.25, 0.3) is 5.56 Å². The lowest BCUT2D eigenvalue weighted by Gasteiger charge is -2.25. The van der Waals surface area contributed by atoms with Crippen molar-refractivity contribution in [1.82, 2.24) is 4.57 Å². The first-order chi connectivity index (χ1) is 17.1. The second kappa shape index (κ2) is 9.68. The quantitative estimate of drug-likeness (QED) is 0.402. The fourth-order valence-corrected chi connectivity index (χ4v) is 5.30. The van der Waals surface area contributed by atoms with Crippen molar-refractivity contribution in [2.24, 2.45) is 4.99 Å². The Kier molecular flexibility index (Phi) is 6.29. The van der Waals surface area contributed by atoms with Gasteiger partial charge in [0.2, 0.25) is 0 Å². The normalized spacial score (nSPS) is 15.5. The van der Waals surface area contributed by atoms with Gasteiger partial charge in [-0.25, -0.2) is 9.79 Å². The number of rotatable bonds is 5. The van der Waals surface area contributed by atoms with E-state index in [-0.39, 0.29) is 12.2 Å². The van der Waals surface area contributed by atoms with E-state index in [9.17, 15) is 9.59 Å². The van der Waals surface area contributed by atoms with Crippen molar-refractivity contribution in [3.8, 4) is 0 Å². The van der Waals surface area contributed by atoms with E-state index in [0.717, 1.165) is 22.3 Å². The maximum Gasteiger partial charge on any atom is 0.338 e. The summed E-state index contributed by atoms with van der Waals surface area (Å²) in [5.74, 6) is -0.475. The van der Waals surface area contributed by atoms with Gasteiger partial charge in [-0.1, -0.05) is 102 Å². The van der Waals surface area contributed by atoms with Gasteiger partial charge in [0.15, 0.2) is 4.80 Å². The maximum atomic E-state index is 13.8. The van der Waals surface area contributed by atoms with Gasteiger partial charge in [0, 0.05) is 5.56 Å². The van der Waals surface area contributed by atoms with Gasteiger partial charge in [-0.05, 0) is 31.1 Å². The number of fused-ring (bicyclic) bond motifs is 1. The SMILES string of the molecule is CCOC(=O)C1=C(c2ccccc2)N=c2s/c(=C/c3cccc(C)c3)c(=O)n2[C@@H]1c1ccccc1. The van der Waals surface area contributed by atoms with Crippen molar-refractivity contribution in [1.29, 1.82) is 0 Å². The maximum absolute atomic E-state index is 13.8. The molecule has 0 saturated heterocycles. The summed E-state index contributed by atoms with van der Waals surface area (Å²) in [5.41, 5.74) is 4.39. The second-order valence-electron chi connectivity index (χ2n) is 8.26. The van der Waals surface area contributed by atoms with Crippen LogP contribution in [0.1, 0.15) is 35.2 Å². The number of carbonyl (C=O) groups is 1. The number of aryl methyl sites for hydroxylation is 1. The lowest BCUT2D eigenvalue weighted by molar-refractivity contribution is -0.138. The molecule has 0 radical (unpaired) electrons. The number of carbonyl (C=O) groups excluding carboxylic acids is 1. The van der Waals surface area contributed by atoms with Crippen LogP contribution in [0.4, 0.5) is 0 Å². The molecule has 174 valence electrons. The Balaban J connectivity index is 1.83. The molecule has 0 bridgehead atoms. The summed E-state index contributed by atoms with van der Waals surface area (Å²) >= 11 is 1.33. The zero-order chi connectivity index (χ0) is 24.4. The topological polar surface area (TPSA) is 60.7 Å². The Bertz CT molecular complexity index is 1600. The second-order valence-corrected chi connectivity index (χ2v) is 9.27. The molecule has 2 heterocycles. The summed E-state index contributed by atoms with van der Waals surface area (Å²) in [6.07, 6.45) is 1.88. The molecule has 0 spiro atoms. The minimum atomic E-state index is -0.652. The highest BCUT2D eigenvalue weighted by molar-refractivity contribution is 7.07. The summed E-state index contributed by atoms with van der Waals surface area (Å²) in [5, 5.41) is 0.